The van der Waals surface area contributed by atoms with Crippen LogP contribution in [0.25, 0.3) is 0 Å². The van der Waals surface area contributed by atoms with Crippen LogP contribution in [0.2, 0.25) is 0 Å². The molecule has 0 N–H and O–H groups in total. The second-order valence-corrected chi connectivity index (χ2v) is 8.41. The van der Waals surface area contributed by atoms with Crippen LogP contribution in [0, 0.1) is 0 Å². The summed E-state index contributed by atoms with van der Waals surface area (Å²) in [5.41, 5.74) is 1.75. The van der Waals surface area contributed by atoms with Gasteiger partial charge in [0.15, 0.2) is 0 Å². The molecule has 2 heterocycles. The molecule has 0 radical (unpaired) electrons. The van der Waals surface area contributed by atoms with Gasteiger partial charge in [-0.05, 0) is 49.4 Å². The normalized spacial score (nSPS) is 20.8. The molecular formula is C18H26N2O4S. The zero-order valence-electron chi connectivity index (χ0n) is 14.9. The zero-order valence-corrected chi connectivity index (χ0v) is 15.7. The molecule has 2 aliphatic heterocycles. The standard InChI is InChI=1S/C18H26N2O4S/c1-3-19(4-2)25(22,23)15-9-10-16-14(13-15)7-5-11-20(16)18(21)17-8-6-12-24-17/h9-10,13,17H,3-8,11-12H2,1-2H3. The Morgan fingerprint density at radius 1 is 1.28 bits per heavy atom. The minimum Gasteiger partial charge on any atom is -0.368 e. The number of nitrogens with zero attached hydrogens (tertiary/aromatic N) is 2. The summed E-state index contributed by atoms with van der Waals surface area (Å²) in [5.74, 6) is -0.00204. The van der Waals surface area contributed by atoms with Crippen molar-refractivity contribution in [3.63, 3.8) is 0 Å². The molecule has 138 valence electrons. The Morgan fingerprint density at radius 3 is 2.68 bits per heavy atom. The van der Waals surface area contributed by atoms with Gasteiger partial charge in [-0.2, -0.15) is 4.31 Å². The molecule has 1 saturated heterocycles. The Balaban J connectivity index is 1.91. The van der Waals surface area contributed by atoms with Crippen LogP contribution in [0.3, 0.4) is 0 Å². The summed E-state index contributed by atoms with van der Waals surface area (Å²) in [7, 11) is -3.48. The molecule has 0 saturated carbocycles. The number of rotatable bonds is 5. The average Bonchev–Trinajstić information content (AvgIpc) is 3.15. The van der Waals surface area contributed by atoms with Crippen LogP contribution < -0.4 is 4.90 Å². The van der Waals surface area contributed by atoms with Crippen molar-refractivity contribution >= 4 is 21.6 Å². The molecule has 0 spiro atoms. The zero-order chi connectivity index (χ0) is 18.0. The first-order chi connectivity index (χ1) is 12.0. The second-order valence-electron chi connectivity index (χ2n) is 6.47. The molecule has 1 aromatic carbocycles. The molecule has 6 nitrogen and oxygen atoms in total. The van der Waals surface area contributed by atoms with Gasteiger partial charge in [0.1, 0.15) is 6.10 Å². The maximum atomic E-state index is 12.7. The van der Waals surface area contributed by atoms with Crippen molar-refractivity contribution in [1.29, 1.82) is 0 Å². The van der Waals surface area contributed by atoms with E-state index in [2.05, 4.69) is 0 Å². The first-order valence-electron chi connectivity index (χ1n) is 9.05. The van der Waals surface area contributed by atoms with E-state index in [1.54, 1.807) is 23.1 Å². The van der Waals surface area contributed by atoms with Gasteiger partial charge in [-0.3, -0.25) is 4.79 Å². The second kappa shape index (κ2) is 7.43. The van der Waals surface area contributed by atoms with Crippen molar-refractivity contribution in [1.82, 2.24) is 4.31 Å². The SMILES string of the molecule is CCN(CC)S(=O)(=O)c1ccc2c(c1)CCCN2C(=O)C1CCCO1. The Bertz CT molecular complexity index is 737. The van der Waals surface area contributed by atoms with E-state index in [4.69, 9.17) is 4.74 Å². The third-order valence-electron chi connectivity index (χ3n) is 4.98. The summed E-state index contributed by atoms with van der Waals surface area (Å²) in [5, 5.41) is 0. The van der Waals surface area contributed by atoms with Gasteiger partial charge < -0.3 is 9.64 Å². The number of hydrogen-bond acceptors (Lipinski definition) is 4. The average molecular weight is 366 g/mol. The monoisotopic (exact) mass is 366 g/mol. The number of fused-ring (bicyclic) bond motifs is 1. The lowest BCUT2D eigenvalue weighted by Gasteiger charge is -2.31. The Morgan fingerprint density at radius 2 is 2.04 bits per heavy atom. The first kappa shape index (κ1) is 18.4. The van der Waals surface area contributed by atoms with Crippen molar-refractivity contribution in [3.8, 4) is 0 Å². The van der Waals surface area contributed by atoms with Gasteiger partial charge in [0.2, 0.25) is 10.0 Å². The van der Waals surface area contributed by atoms with Crippen LogP contribution >= 0.6 is 0 Å². The minimum atomic E-state index is -3.48. The minimum absolute atomic E-state index is 0.00204. The summed E-state index contributed by atoms with van der Waals surface area (Å²) in [4.78, 5) is 14.8. The summed E-state index contributed by atoms with van der Waals surface area (Å²) >= 11 is 0. The predicted octanol–water partition coefficient (Wildman–Crippen LogP) is 2.18. The molecule has 1 amide bonds. The quantitative estimate of drug-likeness (QED) is 0.801. The summed E-state index contributed by atoms with van der Waals surface area (Å²) < 4.78 is 32.4. The molecule has 3 rings (SSSR count). The van der Waals surface area contributed by atoms with E-state index < -0.39 is 10.0 Å². The van der Waals surface area contributed by atoms with E-state index in [1.807, 2.05) is 13.8 Å². The fourth-order valence-electron chi connectivity index (χ4n) is 3.62. The maximum absolute atomic E-state index is 12.7. The molecule has 1 atom stereocenters. The van der Waals surface area contributed by atoms with Crippen LogP contribution in [-0.2, 0) is 26.0 Å². The van der Waals surface area contributed by atoms with Gasteiger partial charge in [0, 0.05) is 31.9 Å². The van der Waals surface area contributed by atoms with Crippen molar-refractivity contribution < 1.29 is 17.9 Å². The highest BCUT2D eigenvalue weighted by Crippen LogP contribution is 2.32. The Hall–Kier alpha value is -1.44. The highest BCUT2D eigenvalue weighted by molar-refractivity contribution is 7.89. The van der Waals surface area contributed by atoms with Crippen molar-refractivity contribution in [3.05, 3.63) is 23.8 Å². The van der Waals surface area contributed by atoms with Gasteiger partial charge in [-0.1, -0.05) is 13.8 Å². The highest BCUT2D eigenvalue weighted by atomic mass is 32.2. The molecule has 7 heteroatoms. The molecule has 0 aromatic heterocycles. The maximum Gasteiger partial charge on any atom is 0.256 e. The molecular weight excluding hydrogens is 340 g/mol. The third kappa shape index (κ3) is 3.45. The largest absolute Gasteiger partial charge is 0.368 e. The molecule has 1 aromatic rings. The predicted molar refractivity (Wildman–Crippen MR) is 96.2 cm³/mol. The molecule has 25 heavy (non-hydrogen) atoms. The van der Waals surface area contributed by atoms with Gasteiger partial charge in [-0.25, -0.2) is 8.42 Å². The lowest BCUT2D eigenvalue weighted by molar-refractivity contribution is -0.127. The molecule has 1 unspecified atom stereocenters. The fraction of sp³-hybridized carbons (Fsp3) is 0.611. The number of carbonyl (C=O) groups is 1. The summed E-state index contributed by atoms with van der Waals surface area (Å²) in [6, 6.07) is 5.13. The van der Waals surface area contributed by atoms with E-state index in [0.717, 1.165) is 36.9 Å². The summed E-state index contributed by atoms with van der Waals surface area (Å²) in [6.45, 7) is 5.86. The van der Waals surface area contributed by atoms with E-state index in [9.17, 15) is 13.2 Å². The van der Waals surface area contributed by atoms with Gasteiger partial charge in [-0.15, -0.1) is 0 Å². The van der Waals surface area contributed by atoms with Crippen molar-refractivity contribution in [2.24, 2.45) is 0 Å². The van der Waals surface area contributed by atoms with Crippen LogP contribution in [0.4, 0.5) is 5.69 Å². The van der Waals surface area contributed by atoms with E-state index in [-0.39, 0.29) is 12.0 Å². The van der Waals surface area contributed by atoms with E-state index in [0.29, 0.717) is 31.1 Å². The van der Waals surface area contributed by atoms with Crippen LogP contribution in [0.1, 0.15) is 38.7 Å². The Kier molecular flexibility index (Phi) is 5.46. The van der Waals surface area contributed by atoms with Crippen LogP contribution in [0.15, 0.2) is 23.1 Å². The molecule has 1 fully saturated rings. The number of sulfonamides is 1. The first-order valence-corrected chi connectivity index (χ1v) is 10.5. The van der Waals surface area contributed by atoms with Gasteiger partial charge in [0.05, 0.1) is 4.90 Å². The molecule has 2 aliphatic rings. The smallest absolute Gasteiger partial charge is 0.256 e. The number of aryl methyl sites for hydroxylation is 1. The van der Waals surface area contributed by atoms with E-state index in [1.165, 1.54) is 4.31 Å². The topological polar surface area (TPSA) is 66.9 Å². The van der Waals surface area contributed by atoms with E-state index >= 15 is 0 Å². The van der Waals surface area contributed by atoms with Crippen LogP contribution in [0.5, 0.6) is 0 Å². The van der Waals surface area contributed by atoms with Crippen molar-refractivity contribution in [2.75, 3.05) is 31.1 Å². The van der Waals surface area contributed by atoms with Crippen LogP contribution in [-0.4, -0.2) is 51.0 Å². The highest BCUT2D eigenvalue weighted by Gasteiger charge is 2.32. The lowest BCUT2D eigenvalue weighted by Crippen LogP contribution is -2.42. The number of carbonyl (C=O) groups excluding carboxylic acids is 1. The number of amides is 1. The third-order valence-corrected chi connectivity index (χ3v) is 7.03. The van der Waals surface area contributed by atoms with Gasteiger partial charge in [0.25, 0.3) is 5.91 Å². The summed E-state index contributed by atoms with van der Waals surface area (Å²) in [6.07, 6.45) is 2.94. The molecule has 0 aliphatic carbocycles. The lowest BCUT2D eigenvalue weighted by atomic mass is 10.0. The molecule has 0 bridgehead atoms. The number of ether oxygens (including phenoxy) is 1. The fourth-order valence-corrected chi connectivity index (χ4v) is 5.13. The van der Waals surface area contributed by atoms with Gasteiger partial charge >= 0.3 is 0 Å². The number of hydrogen-bond donors (Lipinski definition) is 0. The number of anilines is 1. The Labute approximate surface area is 149 Å². The van der Waals surface area contributed by atoms with Crippen molar-refractivity contribution in [2.45, 2.75) is 50.5 Å². The number of benzene rings is 1.